The summed E-state index contributed by atoms with van der Waals surface area (Å²) in [6.07, 6.45) is 0. The van der Waals surface area contributed by atoms with Gasteiger partial charge >= 0.3 is 0 Å². The molecule has 0 spiro atoms. The summed E-state index contributed by atoms with van der Waals surface area (Å²) in [5.74, 6) is -0.200. The van der Waals surface area contributed by atoms with Gasteiger partial charge in [0.05, 0.1) is 6.04 Å². The Kier molecular flexibility index (Phi) is 4.63. The third-order valence-corrected chi connectivity index (χ3v) is 4.33. The van der Waals surface area contributed by atoms with Gasteiger partial charge in [0, 0.05) is 20.2 Å². The van der Waals surface area contributed by atoms with Crippen LogP contribution in [0.4, 0.5) is 10.1 Å². The third-order valence-electron chi connectivity index (χ3n) is 2.98. The minimum absolute atomic E-state index is 0.105. The molecule has 0 saturated carbocycles. The maximum Gasteiger partial charge on any atom is 0.128 e. The van der Waals surface area contributed by atoms with Crippen molar-refractivity contribution < 1.29 is 4.39 Å². The number of halogens is 3. The SMILES string of the molecule is Cc1ccc(NC(C)c2cc(Br)ccc2F)cc1Br. The first-order valence-electron chi connectivity index (χ1n) is 5.95. The van der Waals surface area contributed by atoms with Crippen LogP contribution in [0.5, 0.6) is 0 Å². The van der Waals surface area contributed by atoms with Crippen LogP contribution in [0.25, 0.3) is 0 Å². The molecule has 4 heteroatoms. The first-order valence-corrected chi connectivity index (χ1v) is 7.53. The summed E-state index contributed by atoms with van der Waals surface area (Å²) in [5.41, 5.74) is 2.78. The Morgan fingerprint density at radius 2 is 1.84 bits per heavy atom. The molecule has 1 atom stereocenters. The monoisotopic (exact) mass is 385 g/mol. The molecule has 2 aromatic carbocycles. The van der Waals surface area contributed by atoms with Crippen LogP contribution in [-0.4, -0.2) is 0 Å². The molecule has 100 valence electrons. The van der Waals surface area contributed by atoms with E-state index < -0.39 is 0 Å². The molecule has 19 heavy (non-hydrogen) atoms. The molecule has 0 aromatic heterocycles. The Morgan fingerprint density at radius 1 is 1.11 bits per heavy atom. The average molecular weight is 387 g/mol. The predicted octanol–water partition coefficient (Wildman–Crippen LogP) is 5.83. The van der Waals surface area contributed by atoms with E-state index in [0.717, 1.165) is 14.6 Å². The first-order chi connectivity index (χ1) is 8.97. The maximum absolute atomic E-state index is 13.8. The van der Waals surface area contributed by atoms with Gasteiger partial charge in [0.25, 0.3) is 0 Å². The van der Waals surface area contributed by atoms with Crippen LogP contribution >= 0.6 is 31.9 Å². The molecular formula is C15H14Br2FN. The van der Waals surface area contributed by atoms with E-state index in [1.54, 1.807) is 12.1 Å². The second-order valence-electron chi connectivity index (χ2n) is 4.50. The molecule has 0 aliphatic rings. The van der Waals surface area contributed by atoms with Crippen molar-refractivity contribution in [2.45, 2.75) is 19.9 Å². The van der Waals surface area contributed by atoms with Gasteiger partial charge in [-0.3, -0.25) is 0 Å². The highest BCUT2D eigenvalue weighted by molar-refractivity contribution is 9.10. The molecule has 1 N–H and O–H groups in total. The molecular weight excluding hydrogens is 373 g/mol. The Labute approximate surface area is 129 Å². The Bertz CT molecular complexity index is 599. The minimum atomic E-state index is -0.200. The lowest BCUT2D eigenvalue weighted by Gasteiger charge is -2.17. The number of benzene rings is 2. The fourth-order valence-electron chi connectivity index (χ4n) is 1.86. The predicted molar refractivity (Wildman–Crippen MR) is 85.0 cm³/mol. The number of rotatable bonds is 3. The van der Waals surface area contributed by atoms with Crippen molar-refractivity contribution in [3.63, 3.8) is 0 Å². The van der Waals surface area contributed by atoms with Crippen molar-refractivity contribution in [2.24, 2.45) is 0 Å². The van der Waals surface area contributed by atoms with Crippen molar-refractivity contribution in [3.8, 4) is 0 Å². The fourth-order valence-corrected chi connectivity index (χ4v) is 2.61. The quantitative estimate of drug-likeness (QED) is 0.699. The van der Waals surface area contributed by atoms with E-state index in [9.17, 15) is 4.39 Å². The zero-order chi connectivity index (χ0) is 14.0. The van der Waals surface area contributed by atoms with Gasteiger partial charge in [0.1, 0.15) is 5.82 Å². The zero-order valence-corrected chi connectivity index (χ0v) is 13.8. The molecule has 0 fully saturated rings. The van der Waals surface area contributed by atoms with Gasteiger partial charge in [0.2, 0.25) is 0 Å². The summed E-state index contributed by atoms with van der Waals surface area (Å²) >= 11 is 6.87. The highest BCUT2D eigenvalue weighted by Crippen LogP contribution is 2.27. The van der Waals surface area contributed by atoms with Gasteiger partial charge in [-0.2, -0.15) is 0 Å². The summed E-state index contributed by atoms with van der Waals surface area (Å²) in [5, 5.41) is 3.30. The molecule has 0 amide bonds. The molecule has 0 heterocycles. The Hall–Kier alpha value is -0.870. The van der Waals surface area contributed by atoms with Gasteiger partial charge in [-0.05, 0) is 49.7 Å². The number of anilines is 1. The summed E-state index contributed by atoms with van der Waals surface area (Å²) in [4.78, 5) is 0. The number of nitrogens with one attached hydrogen (secondary N) is 1. The van der Waals surface area contributed by atoms with Crippen molar-refractivity contribution in [3.05, 3.63) is 62.3 Å². The number of hydrogen-bond acceptors (Lipinski definition) is 1. The first kappa shape index (κ1) is 14.5. The highest BCUT2D eigenvalue weighted by Gasteiger charge is 2.11. The van der Waals surface area contributed by atoms with E-state index in [1.807, 2.05) is 32.0 Å². The summed E-state index contributed by atoms with van der Waals surface area (Å²) < 4.78 is 15.7. The molecule has 2 rings (SSSR count). The Balaban J connectivity index is 2.22. The molecule has 0 radical (unpaired) electrons. The second-order valence-corrected chi connectivity index (χ2v) is 6.27. The van der Waals surface area contributed by atoms with Crippen LogP contribution in [-0.2, 0) is 0 Å². The van der Waals surface area contributed by atoms with Crippen LogP contribution < -0.4 is 5.32 Å². The van der Waals surface area contributed by atoms with Gasteiger partial charge < -0.3 is 5.32 Å². The van der Waals surface area contributed by atoms with E-state index in [-0.39, 0.29) is 11.9 Å². The number of hydrogen-bond donors (Lipinski definition) is 1. The second kappa shape index (κ2) is 6.06. The van der Waals surface area contributed by atoms with Crippen LogP contribution in [0.3, 0.4) is 0 Å². The lowest BCUT2D eigenvalue weighted by Crippen LogP contribution is -2.08. The Morgan fingerprint density at radius 3 is 2.53 bits per heavy atom. The lowest BCUT2D eigenvalue weighted by atomic mass is 10.1. The van der Waals surface area contributed by atoms with Gasteiger partial charge in [0.15, 0.2) is 0 Å². The van der Waals surface area contributed by atoms with Crippen LogP contribution in [0.15, 0.2) is 45.3 Å². The van der Waals surface area contributed by atoms with E-state index in [2.05, 4.69) is 37.2 Å². The van der Waals surface area contributed by atoms with Crippen molar-refractivity contribution >= 4 is 37.5 Å². The molecule has 1 nitrogen and oxygen atoms in total. The van der Waals surface area contributed by atoms with Crippen molar-refractivity contribution in [1.82, 2.24) is 0 Å². The van der Waals surface area contributed by atoms with Crippen LogP contribution in [0.2, 0.25) is 0 Å². The van der Waals surface area contributed by atoms with Gasteiger partial charge in [-0.15, -0.1) is 0 Å². The molecule has 1 unspecified atom stereocenters. The molecule has 0 aliphatic heterocycles. The fraction of sp³-hybridized carbons (Fsp3) is 0.200. The maximum atomic E-state index is 13.8. The minimum Gasteiger partial charge on any atom is -0.378 e. The third kappa shape index (κ3) is 3.57. The normalized spacial score (nSPS) is 12.3. The van der Waals surface area contributed by atoms with E-state index in [4.69, 9.17) is 0 Å². The molecule has 0 bridgehead atoms. The molecule has 0 aliphatic carbocycles. The van der Waals surface area contributed by atoms with Crippen molar-refractivity contribution in [1.29, 1.82) is 0 Å². The smallest absolute Gasteiger partial charge is 0.128 e. The van der Waals surface area contributed by atoms with Gasteiger partial charge in [-0.25, -0.2) is 4.39 Å². The van der Waals surface area contributed by atoms with Gasteiger partial charge in [-0.1, -0.05) is 37.9 Å². The van der Waals surface area contributed by atoms with E-state index in [0.29, 0.717) is 5.56 Å². The standard InChI is InChI=1S/C15H14Br2FN/c1-9-3-5-12(8-14(9)17)19-10(2)13-7-11(16)4-6-15(13)18/h3-8,10,19H,1-2H3. The van der Waals surface area contributed by atoms with Crippen LogP contribution in [0.1, 0.15) is 24.1 Å². The number of aryl methyl sites for hydroxylation is 1. The lowest BCUT2D eigenvalue weighted by molar-refractivity contribution is 0.600. The summed E-state index contributed by atoms with van der Waals surface area (Å²) in [6.45, 7) is 3.98. The largest absolute Gasteiger partial charge is 0.378 e. The van der Waals surface area contributed by atoms with E-state index >= 15 is 0 Å². The van der Waals surface area contributed by atoms with E-state index in [1.165, 1.54) is 11.6 Å². The summed E-state index contributed by atoms with van der Waals surface area (Å²) in [6, 6.07) is 10.9. The average Bonchev–Trinajstić information content (AvgIpc) is 2.36. The molecule has 0 saturated heterocycles. The van der Waals surface area contributed by atoms with Crippen LogP contribution in [0, 0.1) is 12.7 Å². The molecule has 2 aromatic rings. The highest BCUT2D eigenvalue weighted by atomic mass is 79.9. The van der Waals surface area contributed by atoms with Crippen molar-refractivity contribution in [2.75, 3.05) is 5.32 Å². The topological polar surface area (TPSA) is 12.0 Å². The summed E-state index contributed by atoms with van der Waals surface area (Å²) in [7, 11) is 0. The zero-order valence-electron chi connectivity index (χ0n) is 10.7.